The molecule has 0 aromatic heterocycles. The maximum Gasteiger partial charge on any atom is 0.293 e. The number of morpholine rings is 1. The number of hydrogen-bond donors (Lipinski definition) is 2. The first-order valence-corrected chi connectivity index (χ1v) is 12.8. The molecule has 1 heterocycles. The van der Waals surface area contributed by atoms with Crippen LogP contribution in [0.25, 0.3) is 0 Å². The van der Waals surface area contributed by atoms with Crippen molar-refractivity contribution in [2.45, 2.75) is 29.2 Å². The number of thioether (sulfide) groups is 1. The third-order valence-corrected chi connectivity index (χ3v) is 7.20. The Morgan fingerprint density at radius 2 is 1.91 bits per heavy atom. The topological polar surface area (TPSA) is 145 Å². The highest BCUT2D eigenvalue weighted by atomic mass is 32.2. The zero-order valence-corrected chi connectivity index (χ0v) is 19.7. The van der Waals surface area contributed by atoms with Crippen LogP contribution >= 0.6 is 11.8 Å². The van der Waals surface area contributed by atoms with Crippen LogP contribution in [0.1, 0.15) is 12.0 Å². The summed E-state index contributed by atoms with van der Waals surface area (Å²) in [4.78, 5) is 26.1. The first-order chi connectivity index (χ1) is 15.6. The van der Waals surface area contributed by atoms with Crippen LogP contribution in [0, 0.1) is 17.0 Å². The Labute approximate surface area is 196 Å². The lowest BCUT2D eigenvalue weighted by Crippen LogP contribution is -2.43. The fraction of sp³-hybridized carbons (Fsp3) is 0.381. The summed E-state index contributed by atoms with van der Waals surface area (Å²) < 4.78 is 28.5. The number of sulfonamides is 1. The third-order valence-electron chi connectivity index (χ3n) is 5.11. The van der Waals surface area contributed by atoms with Gasteiger partial charge in [0.25, 0.3) is 5.69 Å². The van der Waals surface area contributed by atoms with E-state index in [-0.39, 0.29) is 22.9 Å². The molecule has 10 nitrogen and oxygen atoms in total. The van der Waals surface area contributed by atoms with Gasteiger partial charge >= 0.3 is 0 Å². The number of anilines is 1. The minimum Gasteiger partial charge on any atom is -0.378 e. The minimum atomic E-state index is -4.10. The van der Waals surface area contributed by atoms with E-state index in [4.69, 9.17) is 9.88 Å². The molecule has 33 heavy (non-hydrogen) atoms. The van der Waals surface area contributed by atoms with Gasteiger partial charge in [-0.15, -0.1) is 11.8 Å². The minimum absolute atomic E-state index is 0.0795. The van der Waals surface area contributed by atoms with Gasteiger partial charge in [0.15, 0.2) is 0 Å². The van der Waals surface area contributed by atoms with Crippen LogP contribution in [0.2, 0.25) is 0 Å². The number of ether oxygens (including phenoxy) is 1. The average Bonchev–Trinajstić information content (AvgIpc) is 2.78. The Morgan fingerprint density at radius 3 is 2.52 bits per heavy atom. The molecule has 3 rings (SSSR count). The zero-order valence-electron chi connectivity index (χ0n) is 18.1. The van der Waals surface area contributed by atoms with E-state index in [1.807, 2.05) is 31.2 Å². The van der Waals surface area contributed by atoms with E-state index in [0.717, 1.165) is 16.5 Å². The van der Waals surface area contributed by atoms with Crippen molar-refractivity contribution in [2.24, 2.45) is 5.14 Å². The molecule has 0 radical (unpaired) electrons. The van der Waals surface area contributed by atoms with E-state index in [1.165, 1.54) is 23.9 Å². The van der Waals surface area contributed by atoms with Crippen molar-refractivity contribution in [3.05, 3.63) is 58.1 Å². The molecule has 2 aromatic rings. The fourth-order valence-electron chi connectivity index (χ4n) is 3.32. The van der Waals surface area contributed by atoms with Gasteiger partial charge < -0.3 is 15.0 Å². The van der Waals surface area contributed by atoms with Gasteiger partial charge in [-0.25, -0.2) is 13.6 Å². The van der Waals surface area contributed by atoms with Gasteiger partial charge in [0.2, 0.25) is 15.9 Å². The number of hydrogen-bond acceptors (Lipinski definition) is 8. The molecule has 1 saturated heterocycles. The quantitative estimate of drug-likeness (QED) is 0.307. The van der Waals surface area contributed by atoms with Crippen LogP contribution in [0.5, 0.6) is 0 Å². The van der Waals surface area contributed by atoms with Crippen LogP contribution in [-0.4, -0.2) is 62.2 Å². The summed E-state index contributed by atoms with van der Waals surface area (Å²) in [5.41, 5.74) is 0.824. The van der Waals surface area contributed by atoms with Crippen molar-refractivity contribution in [2.75, 3.05) is 37.4 Å². The monoisotopic (exact) mass is 494 g/mol. The normalized spacial score (nSPS) is 15.2. The largest absolute Gasteiger partial charge is 0.378 e. The molecule has 12 heteroatoms. The van der Waals surface area contributed by atoms with Crippen LogP contribution in [0.3, 0.4) is 0 Å². The molecule has 1 fully saturated rings. The standard InChI is InChI=1S/C21H26N4O6S2/c1-15-2-4-17(5-3-15)32-14-16(12-21(26)24-8-10-31-11-9-24)23-19-7-6-18(33(22,29)30)13-20(19)25(27)28/h2-7,13,16,23H,8-12,14H2,1H3,(H2,22,29,30)/t16-/m1/s1. The number of nitrogens with two attached hydrogens (primary N) is 1. The number of carbonyl (C=O) groups excluding carboxylic acids is 1. The first-order valence-electron chi connectivity index (χ1n) is 10.3. The van der Waals surface area contributed by atoms with Gasteiger partial charge in [-0.1, -0.05) is 17.7 Å². The van der Waals surface area contributed by atoms with Gasteiger partial charge in [0.05, 0.1) is 23.0 Å². The second kappa shape index (κ2) is 11.0. The van der Waals surface area contributed by atoms with Crippen molar-refractivity contribution >= 4 is 39.1 Å². The summed E-state index contributed by atoms with van der Waals surface area (Å²) in [5, 5.41) is 19.8. The van der Waals surface area contributed by atoms with Crippen LogP contribution in [0.4, 0.5) is 11.4 Å². The van der Waals surface area contributed by atoms with Gasteiger partial charge in [0, 0.05) is 42.3 Å². The molecule has 1 aliphatic heterocycles. The van der Waals surface area contributed by atoms with Crippen LogP contribution in [-0.2, 0) is 19.6 Å². The number of aryl methyl sites for hydroxylation is 1. The summed E-state index contributed by atoms with van der Waals surface area (Å²) in [7, 11) is -4.10. The average molecular weight is 495 g/mol. The molecular formula is C21H26N4O6S2. The molecule has 1 atom stereocenters. The zero-order chi connectivity index (χ0) is 24.0. The highest BCUT2D eigenvalue weighted by molar-refractivity contribution is 7.99. The predicted octanol–water partition coefficient (Wildman–Crippen LogP) is 2.37. The van der Waals surface area contributed by atoms with E-state index in [9.17, 15) is 23.3 Å². The Balaban J connectivity index is 1.82. The van der Waals surface area contributed by atoms with Crippen molar-refractivity contribution in [1.82, 2.24) is 4.90 Å². The summed E-state index contributed by atoms with van der Waals surface area (Å²) in [6, 6.07) is 10.9. The second-order valence-electron chi connectivity index (χ2n) is 7.64. The van der Waals surface area contributed by atoms with Crippen LogP contribution in [0.15, 0.2) is 52.3 Å². The molecule has 0 spiro atoms. The molecular weight excluding hydrogens is 468 g/mol. The number of primary sulfonamides is 1. The number of rotatable bonds is 9. The summed E-state index contributed by atoms with van der Waals surface area (Å²) >= 11 is 1.52. The predicted molar refractivity (Wildman–Crippen MR) is 126 cm³/mol. The Morgan fingerprint density at radius 1 is 1.24 bits per heavy atom. The fourth-order valence-corrected chi connectivity index (χ4v) is 4.77. The molecule has 0 bridgehead atoms. The molecule has 1 aliphatic rings. The lowest BCUT2D eigenvalue weighted by Gasteiger charge is -2.29. The maximum absolute atomic E-state index is 12.9. The van der Waals surface area contributed by atoms with E-state index >= 15 is 0 Å². The molecule has 1 amide bonds. The second-order valence-corrected chi connectivity index (χ2v) is 10.3. The Kier molecular flexibility index (Phi) is 8.30. The molecule has 0 unspecified atom stereocenters. The molecule has 0 saturated carbocycles. The lowest BCUT2D eigenvalue weighted by molar-refractivity contribution is -0.384. The number of carbonyl (C=O) groups is 1. The van der Waals surface area contributed by atoms with Gasteiger partial charge in [-0.2, -0.15) is 0 Å². The molecule has 0 aliphatic carbocycles. The number of nitrogens with one attached hydrogen (secondary N) is 1. The lowest BCUT2D eigenvalue weighted by atomic mass is 10.1. The summed E-state index contributed by atoms with van der Waals surface area (Å²) in [6.07, 6.45) is 0.118. The van der Waals surface area contributed by atoms with Crippen LogP contribution < -0.4 is 10.5 Å². The van der Waals surface area contributed by atoms with Crippen molar-refractivity contribution in [1.29, 1.82) is 0 Å². The van der Waals surface area contributed by atoms with Gasteiger partial charge in [-0.05, 0) is 31.2 Å². The van der Waals surface area contributed by atoms with Crippen molar-refractivity contribution < 1.29 is 22.9 Å². The van der Waals surface area contributed by atoms with E-state index in [2.05, 4.69) is 5.32 Å². The Hall–Kier alpha value is -2.67. The molecule has 2 aromatic carbocycles. The van der Waals surface area contributed by atoms with E-state index in [1.54, 1.807) is 4.90 Å². The van der Waals surface area contributed by atoms with Crippen molar-refractivity contribution in [3.8, 4) is 0 Å². The smallest absolute Gasteiger partial charge is 0.293 e. The number of amides is 1. The number of nitro benzene ring substituents is 1. The molecule has 3 N–H and O–H groups in total. The number of nitrogens with zero attached hydrogens (tertiary/aromatic N) is 2. The molecule has 178 valence electrons. The van der Waals surface area contributed by atoms with E-state index < -0.39 is 26.7 Å². The Bertz CT molecular complexity index is 1100. The third kappa shape index (κ3) is 7.16. The summed E-state index contributed by atoms with van der Waals surface area (Å²) in [5.74, 6) is 0.386. The van der Waals surface area contributed by atoms with Gasteiger partial charge in [-0.3, -0.25) is 14.9 Å². The van der Waals surface area contributed by atoms with E-state index in [0.29, 0.717) is 32.1 Å². The summed E-state index contributed by atoms with van der Waals surface area (Å²) in [6.45, 7) is 3.94. The first kappa shape index (κ1) is 25.0. The number of nitro groups is 1. The number of benzene rings is 2. The van der Waals surface area contributed by atoms with Gasteiger partial charge in [0.1, 0.15) is 5.69 Å². The SMILES string of the molecule is Cc1ccc(SC[C@@H](CC(=O)N2CCOCC2)Nc2ccc(S(N)(=O)=O)cc2[N+](=O)[O-])cc1. The highest BCUT2D eigenvalue weighted by Gasteiger charge is 2.25. The highest BCUT2D eigenvalue weighted by Crippen LogP contribution is 2.30. The van der Waals surface area contributed by atoms with Crippen molar-refractivity contribution in [3.63, 3.8) is 0 Å². The maximum atomic E-state index is 12.9.